The fourth-order valence-electron chi connectivity index (χ4n) is 3.78. The van der Waals surface area contributed by atoms with Crippen LogP contribution in [0.2, 0.25) is 5.04 Å². The minimum absolute atomic E-state index is 0.00156. The Morgan fingerprint density at radius 1 is 0.862 bits per heavy atom. The summed E-state index contributed by atoms with van der Waals surface area (Å²) in [5.41, 5.74) is 2.35. The summed E-state index contributed by atoms with van der Waals surface area (Å²) in [7, 11) is -2.46. The van der Waals surface area contributed by atoms with Gasteiger partial charge in [0.15, 0.2) is 0 Å². The summed E-state index contributed by atoms with van der Waals surface area (Å²) in [5.74, 6) is 0. The first kappa shape index (κ1) is 23.3. The fourth-order valence-corrected chi connectivity index (χ4v) is 8.27. The molecule has 0 aliphatic heterocycles. The molecular formula is C26H36O2Si. The van der Waals surface area contributed by atoms with Gasteiger partial charge in [-0.15, -0.1) is 0 Å². The number of allylic oxidation sites excluding steroid dienone is 2. The molecular weight excluding hydrogens is 372 g/mol. The SMILES string of the molecule is C/C(=C/CC/C(C)=C\CO[Si](c1ccccc1)(c1ccccc1)C(C)(C)C)CO. The topological polar surface area (TPSA) is 29.5 Å². The third kappa shape index (κ3) is 6.02. The van der Waals surface area contributed by atoms with E-state index in [2.05, 4.69) is 101 Å². The van der Waals surface area contributed by atoms with Crippen molar-refractivity contribution in [1.29, 1.82) is 0 Å². The van der Waals surface area contributed by atoms with Crippen LogP contribution in [-0.4, -0.2) is 26.6 Å². The van der Waals surface area contributed by atoms with E-state index in [0.717, 1.165) is 18.4 Å². The van der Waals surface area contributed by atoms with Crippen molar-refractivity contribution in [3.05, 3.63) is 84.0 Å². The van der Waals surface area contributed by atoms with Crippen molar-refractivity contribution in [2.24, 2.45) is 0 Å². The molecule has 2 nitrogen and oxygen atoms in total. The third-order valence-electron chi connectivity index (χ3n) is 5.43. The standard InChI is InChI=1S/C26H36O2Si/c1-22(13-12-14-23(2)21-27)19-20-28-29(26(3,4)5,24-15-8-6-9-16-24)25-17-10-7-11-18-25/h6-11,14-19,27H,12-13,20-21H2,1-5H3/b22-19-,23-14-. The van der Waals surface area contributed by atoms with Crippen LogP contribution < -0.4 is 10.4 Å². The highest BCUT2D eigenvalue weighted by Gasteiger charge is 2.49. The van der Waals surface area contributed by atoms with Crippen molar-refractivity contribution >= 4 is 18.7 Å². The summed E-state index contributed by atoms with van der Waals surface area (Å²) in [6.45, 7) is 11.8. The molecule has 0 heterocycles. The van der Waals surface area contributed by atoms with Gasteiger partial charge in [0.1, 0.15) is 0 Å². The molecule has 3 heteroatoms. The summed E-state index contributed by atoms with van der Waals surface area (Å²) in [5, 5.41) is 11.7. The highest BCUT2D eigenvalue weighted by Crippen LogP contribution is 2.36. The first-order valence-electron chi connectivity index (χ1n) is 10.5. The number of benzene rings is 2. The van der Waals surface area contributed by atoms with Crippen molar-refractivity contribution in [1.82, 2.24) is 0 Å². The lowest BCUT2D eigenvalue weighted by Gasteiger charge is -2.42. The average Bonchev–Trinajstić information content (AvgIpc) is 2.71. The Hall–Kier alpha value is -1.94. The van der Waals surface area contributed by atoms with E-state index in [1.54, 1.807) is 0 Å². The van der Waals surface area contributed by atoms with Crippen LogP contribution in [0, 0.1) is 0 Å². The smallest absolute Gasteiger partial charge is 0.261 e. The molecule has 29 heavy (non-hydrogen) atoms. The first-order valence-corrected chi connectivity index (χ1v) is 12.4. The van der Waals surface area contributed by atoms with E-state index in [1.165, 1.54) is 15.9 Å². The zero-order valence-corrected chi connectivity index (χ0v) is 19.6. The van der Waals surface area contributed by atoms with Crippen LogP contribution in [0.5, 0.6) is 0 Å². The van der Waals surface area contributed by atoms with Crippen LogP contribution in [0.15, 0.2) is 84.0 Å². The second kappa shape index (κ2) is 10.7. The van der Waals surface area contributed by atoms with Crippen molar-refractivity contribution in [3.8, 4) is 0 Å². The van der Waals surface area contributed by atoms with E-state index in [9.17, 15) is 0 Å². The molecule has 0 atom stereocenters. The molecule has 2 aromatic carbocycles. The van der Waals surface area contributed by atoms with Gasteiger partial charge >= 0.3 is 0 Å². The number of hydrogen-bond donors (Lipinski definition) is 1. The second-order valence-electron chi connectivity index (χ2n) is 8.77. The molecule has 1 N–H and O–H groups in total. The molecule has 0 saturated carbocycles. The minimum Gasteiger partial charge on any atom is -0.404 e. The van der Waals surface area contributed by atoms with Crippen LogP contribution in [0.1, 0.15) is 47.5 Å². The van der Waals surface area contributed by atoms with E-state index >= 15 is 0 Å². The summed E-state index contributed by atoms with van der Waals surface area (Å²) in [6, 6.07) is 21.5. The van der Waals surface area contributed by atoms with Gasteiger partial charge in [-0.05, 0) is 42.1 Å². The minimum atomic E-state index is -2.46. The van der Waals surface area contributed by atoms with Gasteiger partial charge in [-0.2, -0.15) is 0 Å². The number of rotatable bonds is 9. The Morgan fingerprint density at radius 3 is 1.83 bits per heavy atom. The third-order valence-corrected chi connectivity index (χ3v) is 10.4. The predicted molar refractivity (Wildman–Crippen MR) is 127 cm³/mol. The molecule has 0 spiro atoms. The number of hydrogen-bond acceptors (Lipinski definition) is 2. The Labute approximate surface area is 178 Å². The van der Waals surface area contributed by atoms with Gasteiger partial charge < -0.3 is 9.53 Å². The van der Waals surface area contributed by atoms with Crippen molar-refractivity contribution < 1.29 is 9.53 Å². The van der Waals surface area contributed by atoms with Gasteiger partial charge in [-0.1, -0.05) is 105 Å². The van der Waals surface area contributed by atoms with Gasteiger partial charge in [0.25, 0.3) is 8.32 Å². The zero-order chi connectivity index (χ0) is 21.3. The number of aliphatic hydroxyl groups excluding tert-OH is 1. The van der Waals surface area contributed by atoms with E-state index in [4.69, 9.17) is 9.53 Å². The molecule has 0 radical (unpaired) electrons. The lowest BCUT2D eigenvalue weighted by Crippen LogP contribution is -2.66. The van der Waals surface area contributed by atoms with Crippen LogP contribution in [-0.2, 0) is 4.43 Å². The Kier molecular flexibility index (Phi) is 8.63. The first-order chi connectivity index (χ1) is 13.8. The van der Waals surface area contributed by atoms with Crippen molar-refractivity contribution in [2.45, 2.75) is 52.5 Å². The Morgan fingerprint density at radius 2 is 1.38 bits per heavy atom. The summed E-state index contributed by atoms with van der Waals surface area (Å²) in [6.07, 6.45) is 6.28. The summed E-state index contributed by atoms with van der Waals surface area (Å²) >= 11 is 0. The maximum atomic E-state index is 9.13. The molecule has 0 aliphatic rings. The van der Waals surface area contributed by atoms with Gasteiger partial charge in [0.2, 0.25) is 0 Å². The molecule has 2 rings (SSSR count). The van der Waals surface area contributed by atoms with E-state index in [-0.39, 0.29) is 11.6 Å². The lowest BCUT2D eigenvalue weighted by molar-refractivity contribution is 0.331. The van der Waals surface area contributed by atoms with Gasteiger partial charge in [-0.3, -0.25) is 0 Å². The zero-order valence-electron chi connectivity index (χ0n) is 18.6. The molecule has 2 aromatic rings. The summed E-state index contributed by atoms with van der Waals surface area (Å²) < 4.78 is 6.89. The van der Waals surface area contributed by atoms with Crippen LogP contribution in [0.3, 0.4) is 0 Å². The van der Waals surface area contributed by atoms with E-state index < -0.39 is 8.32 Å². The maximum absolute atomic E-state index is 9.13. The molecule has 0 saturated heterocycles. The van der Waals surface area contributed by atoms with E-state index in [1.807, 2.05) is 6.92 Å². The van der Waals surface area contributed by atoms with Crippen molar-refractivity contribution in [2.75, 3.05) is 13.2 Å². The molecule has 0 fully saturated rings. The molecule has 0 unspecified atom stereocenters. The normalized spacial score (nSPS) is 13.6. The van der Waals surface area contributed by atoms with Gasteiger partial charge in [0.05, 0.1) is 13.2 Å². The molecule has 0 aliphatic carbocycles. The van der Waals surface area contributed by atoms with Gasteiger partial charge in [0, 0.05) is 0 Å². The Balaban J connectivity index is 2.31. The molecule has 0 aromatic heterocycles. The van der Waals surface area contributed by atoms with Gasteiger partial charge in [-0.25, -0.2) is 0 Å². The summed E-state index contributed by atoms with van der Waals surface area (Å²) in [4.78, 5) is 0. The highest BCUT2D eigenvalue weighted by atomic mass is 28.4. The molecule has 0 amide bonds. The largest absolute Gasteiger partial charge is 0.404 e. The monoisotopic (exact) mass is 408 g/mol. The second-order valence-corrected chi connectivity index (χ2v) is 13.1. The maximum Gasteiger partial charge on any atom is 0.261 e. The van der Waals surface area contributed by atoms with Crippen LogP contribution in [0.25, 0.3) is 0 Å². The van der Waals surface area contributed by atoms with Crippen LogP contribution in [0.4, 0.5) is 0 Å². The highest BCUT2D eigenvalue weighted by molar-refractivity contribution is 6.99. The van der Waals surface area contributed by atoms with E-state index in [0.29, 0.717) is 6.61 Å². The fraction of sp³-hybridized carbons (Fsp3) is 0.385. The van der Waals surface area contributed by atoms with Crippen LogP contribution >= 0.6 is 0 Å². The Bertz CT molecular complexity index is 762. The predicted octanol–water partition coefficient (Wildman–Crippen LogP) is 5.23. The lowest BCUT2D eigenvalue weighted by atomic mass is 10.1. The van der Waals surface area contributed by atoms with Crippen molar-refractivity contribution in [3.63, 3.8) is 0 Å². The molecule has 156 valence electrons. The number of aliphatic hydroxyl groups is 1. The average molecular weight is 409 g/mol. The quantitative estimate of drug-likeness (QED) is 0.455. The molecule has 0 bridgehead atoms.